The molecule has 0 saturated heterocycles. The fourth-order valence-corrected chi connectivity index (χ4v) is 1.60. The second kappa shape index (κ2) is 6.54. The van der Waals surface area contributed by atoms with Crippen molar-refractivity contribution in [2.45, 2.75) is 26.2 Å². The van der Waals surface area contributed by atoms with Crippen LogP contribution in [0.1, 0.15) is 26.2 Å². The molecule has 5 heteroatoms. The predicted octanol–water partition coefficient (Wildman–Crippen LogP) is 1.22. The maximum atomic E-state index is 11.9. The van der Waals surface area contributed by atoms with Crippen LogP contribution >= 0.6 is 0 Å². The van der Waals surface area contributed by atoms with Crippen molar-refractivity contribution in [3.63, 3.8) is 0 Å². The molecule has 96 valence electrons. The zero-order valence-corrected chi connectivity index (χ0v) is 10.3. The van der Waals surface area contributed by atoms with Gasteiger partial charge in [-0.15, -0.1) is 0 Å². The van der Waals surface area contributed by atoms with Crippen LogP contribution in [0, 0.1) is 0 Å². The fraction of sp³-hybridized carbons (Fsp3) is 0.308. The first-order valence-electron chi connectivity index (χ1n) is 5.69. The third-order valence-electron chi connectivity index (χ3n) is 2.39. The van der Waals surface area contributed by atoms with Crippen molar-refractivity contribution in [3.8, 4) is 0 Å². The zero-order chi connectivity index (χ0) is 13.5. The van der Waals surface area contributed by atoms with E-state index in [9.17, 15) is 14.4 Å². The smallest absolute Gasteiger partial charge is 0.233 e. The number of hydrogen-bond acceptors (Lipinski definition) is 3. The van der Waals surface area contributed by atoms with Gasteiger partial charge in [0.2, 0.25) is 17.7 Å². The van der Waals surface area contributed by atoms with E-state index in [2.05, 4.69) is 0 Å². The zero-order valence-electron chi connectivity index (χ0n) is 10.3. The monoisotopic (exact) mass is 248 g/mol. The molecule has 0 spiro atoms. The number of nitrogens with two attached hydrogens (primary N) is 1. The third-order valence-corrected chi connectivity index (χ3v) is 2.39. The normalized spacial score (nSPS) is 9.83. The Morgan fingerprint density at radius 2 is 1.72 bits per heavy atom. The molecule has 3 amide bonds. The van der Waals surface area contributed by atoms with Crippen molar-refractivity contribution in [1.82, 2.24) is 0 Å². The van der Waals surface area contributed by atoms with Gasteiger partial charge in [0.05, 0.1) is 5.69 Å². The van der Waals surface area contributed by atoms with Crippen LogP contribution in [0.15, 0.2) is 30.3 Å². The number of nitrogens with zero attached hydrogens (tertiary/aromatic N) is 1. The van der Waals surface area contributed by atoms with Crippen molar-refractivity contribution in [1.29, 1.82) is 0 Å². The number of imide groups is 1. The second-order valence-corrected chi connectivity index (χ2v) is 3.90. The SMILES string of the molecule is CC(=O)N(C(=O)CCCC(N)=O)c1ccccc1. The van der Waals surface area contributed by atoms with Crippen molar-refractivity contribution in [3.05, 3.63) is 30.3 Å². The highest BCUT2D eigenvalue weighted by atomic mass is 16.2. The van der Waals surface area contributed by atoms with Crippen LogP contribution in [-0.4, -0.2) is 17.7 Å². The molecule has 0 unspecified atom stereocenters. The van der Waals surface area contributed by atoms with Gasteiger partial charge in [0, 0.05) is 19.8 Å². The van der Waals surface area contributed by atoms with E-state index in [1.165, 1.54) is 6.92 Å². The van der Waals surface area contributed by atoms with Crippen LogP contribution in [0.25, 0.3) is 0 Å². The molecule has 0 aliphatic rings. The Balaban J connectivity index is 2.71. The Morgan fingerprint density at radius 1 is 1.11 bits per heavy atom. The molecule has 18 heavy (non-hydrogen) atoms. The number of carbonyl (C=O) groups is 3. The number of carbonyl (C=O) groups excluding carboxylic acids is 3. The van der Waals surface area contributed by atoms with Crippen molar-refractivity contribution >= 4 is 23.4 Å². The number of hydrogen-bond donors (Lipinski definition) is 1. The molecule has 0 heterocycles. The molecule has 2 N–H and O–H groups in total. The minimum atomic E-state index is -0.447. The predicted molar refractivity (Wildman–Crippen MR) is 67.7 cm³/mol. The van der Waals surface area contributed by atoms with Crippen LogP contribution < -0.4 is 10.6 Å². The van der Waals surface area contributed by atoms with Gasteiger partial charge in [-0.3, -0.25) is 19.3 Å². The number of benzene rings is 1. The lowest BCUT2D eigenvalue weighted by molar-refractivity contribution is -0.125. The number of rotatable bonds is 5. The summed E-state index contributed by atoms with van der Waals surface area (Å²) >= 11 is 0. The Bertz CT molecular complexity index is 443. The van der Waals surface area contributed by atoms with Crippen LogP contribution in [0.5, 0.6) is 0 Å². The van der Waals surface area contributed by atoms with Gasteiger partial charge >= 0.3 is 0 Å². The largest absolute Gasteiger partial charge is 0.370 e. The molecule has 0 aromatic heterocycles. The van der Waals surface area contributed by atoms with Crippen LogP contribution in [0.4, 0.5) is 5.69 Å². The fourth-order valence-electron chi connectivity index (χ4n) is 1.60. The maximum absolute atomic E-state index is 11.9. The van der Waals surface area contributed by atoms with E-state index in [1.54, 1.807) is 30.3 Å². The van der Waals surface area contributed by atoms with Gasteiger partial charge in [0.15, 0.2) is 0 Å². The second-order valence-electron chi connectivity index (χ2n) is 3.90. The lowest BCUT2D eigenvalue weighted by atomic mass is 10.2. The maximum Gasteiger partial charge on any atom is 0.233 e. The standard InChI is InChI=1S/C13H16N2O3/c1-10(16)15(11-6-3-2-4-7-11)13(18)9-5-8-12(14)17/h2-4,6-7H,5,8-9H2,1H3,(H2,14,17). The van der Waals surface area contributed by atoms with Gasteiger partial charge in [-0.05, 0) is 18.6 Å². The molecular weight excluding hydrogens is 232 g/mol. The molecule has 0 fully saturated rings. The Morgan fingerprint density at radius 3 is 2.22 bits per heavy atom. The van der Waals surface area contributed by atoms with E-state index in [1.807, 2.05) is 0 Å². The summed E-state index contributed by atoms with van der Waals surface area (Å²) < 4.78 is 0. The van der Waals surface area contributed by atoms with E-state index >= 15 is 0 Å². The van der Waals surface area contributed by atoms with E-state index in [0.29, 0.717) is 12.1 Å². The van der Waals surface area contributed by atoms with Crippen molar-refractivity contribution in [2.24, 2.45) is 5.73 Å². The highest BCUT2D eigenvalue weighted by molar-refractivity contribution is 6.13. The number of anilines is 1. The molecule has 0 aliphatic carbocycles. The van der Waals surface area contributed by atoms with E-state index in [4.69, 9.17) is 5.73 Å². The van der Waals surface area contributed by atoms with Gasteiger partial charge in [0.1, 0.15) is 0 Å². The molecule has 1 aromatic rings. The average Bonchev–Trinajstić information content (AvgIpc) is 2.29. The molecule has 5 nitrogen and oxygen atoms in total. The lowest BCUT2D eigenvalue weighted by Gasteiger charge is -2.18. The van der Waals surface area contributed by atoms with Gasteiger partial charge < -0.3 is 5.73 Å². The third kappa shape index (κ3) is 4.01. The topological polar surface area (TPSA) is 80.5 Å². The van der Waals surface area contributed by atoms with Gasteiger partial charge in [-0.2, -0.15) is 0 Å². The summed E-state index contributed by atoms with van der Waals surface area (Å²) in [7, 11) is 0. The van der Waals surface area contributed by atoms with Crippen LogP contribution in [0.3, 0.4) is 0 Å². The average molecular weight is 248 g/mol. The molecule has 1 rings (SSSR count). The quantitative estimate of drug-likeness (QED) is 0.850. The minimum absolute atomic E-state index is 0.122. The van der Waals surface area contributed by atoms with Gasteiger partial charge in [0.25, 0.3) is 0 Å². The van der Waals surface area contributed by atoms with Gasteiger partial charge in [-0.1, -0.05) is 18.2 Å². The van der Waals surface area contributed by atoms with E-state index in [-0.39, 0.29) is 24.7 Å². The molecule has 0 aliphatic heterocycles. The molecular formula is C13H16N2O3. The lowest BCUT2D eigenvalue weighted by Crippen LogP contribution is -2.35. The first-order chi connectivity index (χ1) is 8.52. The highest BCUT2D eigenvalue weighted by Crippen LogP contribution is 2.15. The Kier molecular flexibility index (Phi) is 5.05. The summed E-state index contributed by atoms with van der Waals surface area (Å²) in [6.07, 6.45) is 0.620. The summed E-state index contributed by atoms with van der Waals surface area (Å²) in [5.74, 6) is -1.11. The first-order valence-corrected chi connectivity index (χ1v) is 5.69. The van der Waals surface area contributed by atoms with Crippen molar-refractivity contribution < 1.29 is 14.4 Å². The summed E-state index contributed by atoms with van der Waals surface area (Å²) in [5.41, 5.74) is 5.53. The Hall–Kier alpha value is -2.17. The number of para-hydroxylation sites is 1. The van der Waals surface area contributed by atoms with Crippen LogP contribution in [-0.2, 0) is 14.4 Å². The molecule has 0 saturated carbocycles. The van der Waals surface area contributed by atoms with Crippen LogP contribution in [0.2, 0.25) is 0 Å². The molecule has 0 radical (unpaired) electrons. The highest BCUT2D eigenvalue weighted by Gasteiger charge is 2.19. The van der Waals surface area contributed by atoms with Crippen molar-refractivity contribution in [2.75, 3.05) is 4.90 Å². The Labute approximate surface area is 106 Å². The summed E-state index contributed by atoms with van der Waals surface area (Å²) in [6.45, 7) is 1.33. The van der Waals surface area contributed by atoms with E-state index < -0.39 is 5.91 Å². The van der Waals surface area contributed by atoms with Gasteiger partial charge in [-0.25, -0.2) is 0 Å². The number of primary amides is 1. The summed E-state index contributed by atoms with van der Waals surface area (Å²) in [6, 6.07) is 8.68. The molecule has 0 atom stereocenters. The molecule has 0 bridgehead atoms. The summed E-state index contributed by atoms with van der Waals surface area (Å²) in [4.78, 5) is 35.1. The number of amides is 3. The first kappa shape index (κ1) is 13.9. The minimum Gasteiger partial charge on any atom is -0.370 e. The van der Waals surface area contributed by atoms with E-state index in [0.717, 1.165) is 4.90 Å². The summed E-state index contributed by atoms with van der Waals surface area (Å²) in [5, 5.41) is 0. The molecule has 1 aromatic carbocycles.